The second kappa shape index (κ2) is 6.72. The SMILES string of the molecule is O=C(Nc1ccc(-n2cccn2)cc1C(F)(F)F)c1cc2cc(Cl)ccc2o1. The Kier molecular flexibility index (Phi) is 4.35. The topological polar surface area (TPSA) is 60.1 Å². The Hall–Kier alpha value is -3.26. The van der Waals surface area contributed by atoms with Crippen LogP contribution in [0, 0.1) is 0 Å². The van der Waals surface area contributed by atoms with Gasteiger partial charge in [-0.3, -0.25) is 4.79 Å². The first-order chi connectivity index (χ1) is 13.3. The largest absolute Gasteiger partial charge is 0.451 e. The van der Waals surface area contributed by atoms with Gasteiger partial charge in [-0.05, 0) is 48.5 Å². The molecule has 0 aliphatic rings. The lowest BCUT2D eigenvalue weighted by Gasteiger charge is -2.15. The Bertz CT molecular complexity index is 1170. The molecule has 0 spiro atoms. The van der Waals surface area contributed by atoms with Gasteiger partial charge in [0.05, 0.1) is 16.9 Å². The van der Waals surface area contributed by atoms with Crippen LogP contribution in [-0.2, 0) is 6.18 Å². The van der Waals surface area contributed by atoms with Crippen LogP contribution in [0.2, 0.25) is 5.02 Å². The molecule has 2 aromatic carbocycles. The van der Waals surface area contributed by atoms with E-state index in [0.29, 0.717) is 16.0 Å². The van der Waals surface area contributed by atoms with Crippen molar-refractivity contribution in [1.29, 1.82) is 0 Å². The summed E-state index contributed by atoms with van der Waals surface area (Å²) in [6.45, 7) is 0. The number of rotatable bonds is 3. The Morgan fingerprint density at radius 2 is 1.96 bits per heavy atom. The number of nitrogens with one attached hydrogen (secondary N) is 1. The van der Waals surface area contributed by atoms with Crippen LogP contribution in [0.5, 0.6) is 0 Å². The van der Waals surface area contributed by atoms with Gasteiger partial charge in [0.25, 0.3) is 5.91 Å². The average Bonchev–Trinajstić information content (AvgIpc) is 3.30. The van der Waals surface area contributed by atoms with Crippen molar-refractivity contribution < 1.29 is 22.4 Å². The van der Waals surface area contributed by atoms with Gasteiger partial charge in [0, 0.05) is 22.8 Å². The molecule has 0 fully saturated rings. The Balaban J connectivity index is 1.68. The third kappa shape index (κ3) is 3.46. The minimum Gasteiger partial charge on any atom is -0.451 e. The van der Waals surface area contributed by atoms with Gasteiger partial charge < -0.3 is 9.73 Å². The lowest BCUT2D eigenvalue weighted by molar-refractivity contribution is -0.136. The average molecular weight is 406 g/mol. The lowest BCUT2D eigenvalue weighted by Crippen LogP contribution is -2.16. The smallest absolute Gasteiger partial charge is 0.418 e. The maximum atomic E-state index is 13.5. The molecule has 1 amide bonds. The van der Waals surface area contributed by atoms with E-state index in [9.17, 15) is 18.0 Å². The molecule has 1 N–H and O–H groups in total. The zero-order valence-electron chi connectivity index (χ0n) is 14.0. The lowest BCUT2D eigenvalue weighted by atomic mass is 10.1. The highest BCUT2D eigenvalue weighted by Crippen LogP contribution is 2.36. The first-order valence-electron chi connectivity index (χ1n) is 8.03. The molecule has 5 nitrogen and oxygen atoms in total. The molecule has 2 aromatic heterocycles. The first-order valence-corrected chi connectivity index (χ1v) is 8.41. The number of anilines is 1. The summed E-state index contributed by atoms with van der Waals surface area (Å²) in [4.78, 5) is 12.4. The number of halogens is 4. The molecule has 28 heavy (non-hydrogen) atoms. The molecule has 0 unspecified atom stereocenters. The number of amides is 1. The minimum absolute atomic E-state index is 0.124. The van der Waals surface area contributed by atoms with E-state index in [1.54, 1.807) is 24.3 Å². The second-order valence-corrected chi connectivity index (χ2v) is 6.36. The van der Waals surface area contributed by atoms with Gasteiger partial charge in [-0.1, -0.05) is 11.6 Å². The number of benzene rings is 2. The predicted octanol–water partition coefficient (Wildman–Crippen LogP) is 5.54. The van der Waals surface area contributed by atoms with Crippen molar-refractivity contribution in [3.8, 4) is 5.69 Å². The molecule has 0 saturated heterocycles. The van der Waals surface area contributed by atoms with Crippen LogP contribution < -0.4 is 5.32 Å². The van der Waals surface area contributed by atoms with E-state index >= 15 is 0 Å². The summed E-state index contributed by atoms with van der Waals surface area (Å²) in [5, 5.41) is 7.21. The highest BCUT2D eigenvalue weighted by atomic mass is 35.5. The van der Waals surface area contributed by atoms with Gasteiger partial charge >= 0.3 is 6.18 Å². The van der Waals surface area contributed by atoms with E-state index in [2.05, 4.69) is 10.4 Å². The Morgan fingerprint density at radius 3 is 2.68 bits per heavy atom. The van der Waals surface area contributed by atoms with E-state index in [0.717, 1.165) is 6.07 Å². The summed E-state index contributed by atoms with van der Waals surface area (Å²) in [7, 11) is 0. The van der Waals surface area contributed by atoms with Crippen LogP contribution in [0.25, 0.3) is 16.7 Å². The van der Waals surface area contributed by atoms with Crippen LogP contribution in [0.4, 0.5) is 18.9 Å². The van der Waals surface area contributed by atoms with Crippen LogP contribution in [0.1, 0.15) is 16.1 Å². The summed E-state index contributed by atoms with van der Waals surface area (Å²) >= 11 is 5.89. The molecule has 0 aliphatic heterocycles. The number of hydrogen-bond donors (Lipinski definition) is 1. The van der Waals surface area contributed by atoms with Crippen LogP contribution in [0.15, 0.2) is 65.3 Å². The molecule has 0 atom stereocenters. The number of furan rings is 1. The maximum Gasteiger partial charge on any atom is 0.418 e. The minimum atomic E-state index is -4.67. The number of carbonyl (C=O) groups excluding carboxylic acids is 1. The van der Waals surface area contributed by atoms with Crippen molar-refractivity contribution in [2.75, 3.05) is 5.32 Å². The molecule has 4 aromatic rings. The summed E-state index contributed by atoms with van der Waals surface area (Å²) in [6.07, 6.45) is -1.70. The number of nitrogens with zero attached hydrogens (tertiary/aromatic N) is 2. The third-order valence-corrected chi connectivity index (χ3v) is 4.26. The van der Waals surface area contributed by atoms with Gasteiger partial charge in [0.15, 0.2) is 5.76 Å². The number of alkyl halides is 3. The summed E-state index contributed by atoms with van der Waals surface area (Å²) in [6, 6.07) is 11.3. The first kappa shape index (κ1) is 18.1. The van der Waals surface area contributed by atoms with E-state index in [1.807, 2.05) is 0 Å². The third-order valence-electron chi connectivity index (χ3n) is 4.03. The van der Waals surface area contributed by atoms with Crippen LogP contribution in [-0.4, -0.2) is 15.7 Å². The number of carbonyl (C=O) groups is 1. The van der Waals surface area contributed by atoms with Crippen molar-refractivity contribution in [3.63, 3.8) is 0 Å². The Morgan fingerprint density at radius 1 is 1.14 bits per heavy atom. The summed E-state index contributed by atoms with van der Waals surface area (Å²) in [5.74, 6) is -0.925. The number of hydrogen-bond acceptors (Lipinski definition) is 3. The quantitative estimate of drug-likeness (QED) is 0.486. The van der Waals surface area contributed by atoms with Gasteiger partial charge in [0.2, 0.25) is 0 Å². The number of aromatic nitrogens is 2. The van der Waals surface area contributed by atoms with Crippen LogP contribution >= 0.6 is 11.6 Å². The van der Waals surface area contributed by atoms with Gasteiger partial charge in [-0.25, -0.2) is 4.68 Å². The van der Waals surface area contributed by atoms with Gasteiger partial charge in [0.1, 0.15) is 5.58 Å². The fraction of sp³-hybridized carbons (Fsp3) is 0.0526. The van der Waals surface area contributed by atoms with Crippen molar-refractivity contribution in [2.24, 2.45) is 0 Å². The normalized spacial score (nSPS) is 11.7. The molecule has 142 valence electrons. The molecule has 9 heteroatoms. The fourth-order valence-corrected chi connectivity index (χ4v) is 2.93. The van der Waals surface area contributed by atoms with Crippen molar-refractivity contribution in [1.82, 2.24) is 9.78 Å². The molecule has 0 bridgehead atoms. The standard InChI is InChI=1S/C19H11ClF3N3O2/c20-12-2-5-16-11(8-12)9-17(28-16)18(27)25-15-4-3-13(26-7-1-6-24-26)10-14(15)19(21,22)23/h1-10H,(H,25,27). The van der Waals surface area contributed by atoms with Gasteiger partial charge in [-0.15, -0.1) is 0 Å². The van der Waals surface area contributed by atoms with Crippen LogP contribution in [0.3, 0.4) is 0 Å². The second-order valence-electron chi connectivity index (χ2n) is 5.93. The molecule has 0 radical (unpaired) electrons. The molecule has 2 heterocycles. The maximum absolute atomic E-state index is 13.5. The molecule has 4 rings (SSSR count). The molecular formula is C19H11ClF3N3O2. The zero-order chi connectivity index (χ0) is 19.9. The van der Waals surface area contributed by atoms with E-state index < -0.39 is 17.6 Å². The molecule has 0 aliphatic carbocycles. The highest BCUT2D eigenvalue weighted by molar-refractivity contribution is 6.31. The van der Waals surface area contributed by atoms with Crippen molar-refractivity contribution in [3.05, 3.63) is 77.3 Å². The van der Waals surface area contributed by atoms with E-state index in [4.69, 9.17) is 16.0 Å². The van der Waals surface area contributed by atoms with Crippen molar-refractivity contribution in [2.45, 2.75) is 6.18 Å². The zero-order valence-corrected chi connectivity index (χ0v) is 14.8. The monoisotopic (exact) mass is 405 g/mol. The summed E-state index contributed by atoms with van der Waals surface area (Å²) < 4.78 is 47.2. The molecule has 0 saturated carbocycles. The van der Waals surface area contributed by atoms with E-state index in [-0.39, 0.29) is 17.1 Å². The Labute approximate surface area is 161 Å². The number of fused-ring (bicyclic) bond motifs is 1. The van der Waals surface area contributed by atoms with E-state index in [1.165, 1.54) is 35.3 Å². The summed E-state index contributed by atoms with van der Waals surface area (Å²) in [5.41, 5.74) is -0.756. The van der Waals surface area contributed by atoms with Gasteiger partial charge in [-0.2, -0.15) is 18.3 Å². The predicted molar refractivity (Wildman–Crippen MR) is 97.7 cm³/mol. The fourth-order valence-electron chi connectivity index (χ4n) is 2.75. The highest BCUT2D eigenvalue weighted by Gasteiger charge is 2.34. The molecular weight excluding hydrogens is 395 g/mol. The van der Waals surface area contributed by atoms with Crippen molar-refractivity contribution >= 4 is 34.2 Å².